The van der Waals surface area contributed by atoms with Gasteiger partial charge in [-0.15, -0.1) is 0 Å². The van der Waals surface area contributed by atoms with Crippen LogP contribution in [0.2, 0.25) is 10.0 Å². The number of aromatic nitrogens is 2. The molecule has 3 aromatic rings. The van der Waals surface area contributed by atoms with Gasteiger partial charge in [0.1, 0.15) is 6.07 Å². The van der Waals surface area contributed by atoms with Crippen molar-refractivity contribution in [2.24, 2.45) is 0 Å². The Hall–Kier alpha value is -2.96. The number of hydrogen-bond donors (Lipinski definition) is 1. The number of anilines is 1. The maximum Gasteiger partial charge on any atom is 0.241 e. The second kappa shape index (κ2) is 10.1. The van der Waals surface area contributed by atoms with Crippen LogP contribution in [0.3, 0.4) is 0 Å². The maximum atomic E-state index is 12.4. The molecule has 1 amide bonds. The first kappa shape index (κ1) is 22.2. The molecule has 0 atom stereocenters. The highest BCUT2D eigenvalue weighted by Crippen LogP contribution is 2.21. The van der Waals surface area contributed by atoms with E-state index < -0.39 is 0 Å². The van der Waals surface area contributed by atoms with E-state index in [2.05, 4.69) is 25.3 Å². The molecule has 10 heteroatoms. The van der Waals surface area contributed by atoms with Gasteiger partial charge in [0.25, 0.3) is 0 Å². The van der Waals surface area contributed by atoms with Crippen LogP contribution in [-0.2, 0) is 11.3 Å². The molecule has 2 heterocycles. The summed E-state index contributed by atoms with van der Waals surface area (Å²) in [6.45, 7) is 3.92. The van der Waals surface area contributed by atoms with Crippen LogP contribution in [0.15, 0.2) is 47.0 Å². The van der Waals surface area contributed by atoms with Crippen molar-refractivity contribution in [1.82, 2.24) is 19.9 Å². The highest BCUT2D eigenvalue weighted by molar-refractivity contribution is 6.32. The molecule has 8 nitrogen and oxygen atoms in total. The second-order valence-electron chi connectivity index (χ2n) is 7.43. The molecule has 0 spiro atoms. The summed E-state index contributed by atoms with van der Waals surface area (Å²) in [6.07, 6.45) is 0. The summed E-state index contributed by atoms with van der Waals surface area (Å²) in [5, 5.41) is 16.8. The minimum atomic E-state index is -0.122. The maximum absolute atomic E-state index is 12.4. The third-order valence-electron chi connectivity index (χ3n) is 5.13. The molecule has 1 fully saturated rings. The average molecular weight is 471 g/mol. The van der Waals surface area contributed by atoms with Gasteiger partial charge in [-0.3, -0.25) is 14.6 Å². The normalized spacial score (nSPS) is 14.8. The molecule has 32 heavy (non-hydrogen) atoms. The third kappa shape index (κ3) is 5.64. The number of hydrogen-bond acceptors (Lipinski definition) is 7. The fourth-order valence-corrected chi connectivity index (χ4v) is 3.77. The SMILES string of the molecule is N#Cc1ccc(NC(=O)CN2CCN(Cc3nc(-c4ccc(Cl)cc4)no3)CC2)cc1Cl. The van der Waals surface area contributed by atoms with E-state index in [1.807, 2.05) is 18.2 Å². The van der Waals surface area contributed by atoms with E-state index in [0.29, 0.717) is 39.6 Å². The number of benzene rings is 2. The largest absolute Gasteiger partial charge is 0.338 e. The Bertz CT molecular complexity index is 1130. The summed E-state index contributed by atoms with van der Waals surface area (Å²) in [5.41, 5.74) is 1.80. The van der Waals surface area contributed by atoms with Crippen LogP contribution in [0.5, 0.6) is 0 Å². The minimum Gasteiger partial charge on any atom is -0.338 e. The molecule has 0 saturated carbocycles. The van der Waals surface area contributed by atoms with Crippen molar-refractivity contribution in [3.05, 3.63) is 64.0 Å². The lowest BCUT2D eigenvalue weighted by Crippen LogP contribution is -2.48. The Morgan fingerprint density at radius 3 is 2.50 bits per heavy atom. The highest BCUT2D eigenvalue weighted by atomic mass is 35.5. The molecule has 164 valence electrons. The molecule has 0 radical (unpaired) electrons. The van der Waals surface area contributed by atoms with Crippen LogP contribution in [-0.4, -0.2) is 58.6 Å². The van der Waals surface area contributed by atoms with Crippen molar-refractivity contribution < 1.29 is 9.32 Å². The van der Waals surface area contributed by atoms with Crippen molar-refractivity contribution in [3.8, 4) is 17.5 Å². The summed E-state index contributed by atoms with van der Waals surface area (Å²) in [5.74, 6) is 0.970. The summed E-state index contributed by atoms with van der Waals surface area (Å²) >= 11 is 11.9. The minimum absolute atomic E-state index is 0.122. The molecular weight excluding hydrogens is 451 g/mol. The summed E-state index contributed by atoms with van der Waals surface area (Å²) in [4.78, 5) is 21.1. The lowest BCUT2D eigenvalue weighted by atomic mass is 10.2. The molecule has 4 rings (SSSR count). The molecule has 1 aliphatic heterocycles. The van der Waals surface area contributed by atoms with E-state index >= 15 is 0 Å². The summed E-state index contributed by atoms with van der Waals surface area (Å²) < 4.78 is 5.39. The van der Waals surface area contributed by atoms with E-state index in [-0.39, 0.29) is 12.5 Å². The predicted octanol–water partition coefficient (Wildman–Crippen LogP) is 3.67. The molecule has 2 aromatic carbocycles. The van der Waals surface area contributed by atoms with Crippen LogP contribution in [0.1, 0.15) is 11.5 Å². The van der Waals surface area contributed by atoms with Crippen molar-refractivity contribution in [1.29, 1.82) is 5.26 Å². The van der Waals surface area contributed by atoms with Crippen molar-refractivity contribution >= 4 is 34.8 Å². The molecule has 1 saturated heterocycles. The lowest BCUT2D eigenvalue weighted by Gasteiger charge is -2.33. The van der Waals surface area contributed by atoms with E-state index in [1.165, 1.54) is 0 Å². The fraction of sp³-hybridized carbons (Fsp3) is 0.273. The first-order valence-electron chi connectivity index (χ1n) is 10.0. The van der Waals surface area contributed by atoms with Gasteiger partial charge in [-0.05, 0) is 42.5 Å². The van der Waals surface area contributed by atoms with E-state index in [0.717, 1.165) is 31.7 Å². The Morgan fingerprint density at radius 1 is 1.09 bits per heavy atom. The van der Waals surface area contributed by atoms with Crippen molar-refractivity contribution in [2.45, 2.75) is 6.54 Å². The van der Waals surface area contributed by atoms with Crippen LogP contribution in [0, 0.1) is 11.3 Å². The van der Waals surface area contributed by atoms with Crippen LogP contribution >= 0.6 is 23.2 Å². The first-order chi connectivity index (χ1) is 15.5. The number of nitrogens with one attached hydrogen (secondary N) is 1. The quantitative estimate of drug-likeness (QED) is 0.586. The molecule has 1 N–H and O–H groups in total. The summed E-state index contributed by atoms with van der Waals surface area (Å²) in [6, 6.07) is 14.1. The molecule has 1 aliphatic rings. The fourth-order valence-electron chi connectivity index (χ4n) is 3.42. The Labute approximate surface area is 195 Å². The zero-order valence-electron chi connectivity index (χ0n) is 17.1. The number of carbonyl (C=O) groups excluding carboxylic acids is 1. The average Bonchev–Trinajstić information content (AvgIpc) is 3.24. The van der Waals surface area contributed by atoms with Gasteiger partial charge < -0.3 is 9.84 Å². The number of halogens is 2. The number of nitrogens with zero attached hydrogens (tertiary/aromatic N) is 5. The second-order valence-corrected chi connectivity index (χ2v) is 8.27. The zero-order valence-corrected chi connectivity index (χ0v) is 18.6. The number of amides is 1. The van der Waals surface area contributed by atoms with Crippen molar-refractivity contribution in [2.75, 3.05) is 38.0 Å². The Balaban J connectivity index is 1.24. The molecule has 0 unspecified atom stereocenters. The lowest BCUT2D eigenvalue weighted by molar-refractivity contribution is -0.117. The topological polar surface area (TPSA) is 98.3 Å². The standard InChI is InChI=1S/C22H20Cl2N6O2/c23-17-4-1-15(2-5-17)22-27-21(32-28-22)14-30-9-7-29(8-10-30)13-20(31)26-18-6-3-16(12-25)19(24)11-18/h1-6,11H,7-10,13-14H2,(H,26,31). The molecule has 0 aliphatic carbocycles. The van der Waals surface area contributed by atoms with Gasteiger partial charge in [0.15, 0.2) is 0 Å². The van der Waals surface area contributed by atoms with Gasteiger partial charge in [0.2, 0.25) is 17.6 Å². The monoisotopic (exact) mass is 470 g/mol. The van der Waals surface area contributed by atoms with E-state index in [1.54, 1.807) is 30.3 Å². The number of rotatable bonds is 6. The first-order valence-corrected chi connectivity index (χ1v) is 10.8. The van der Waals surface area contributed by atoms with E-state index in [4.69, 9.17) is 33.0 Å². The molecule has 1 aromatic heterocycles. The van der Waals surface area contributed by atoms with Gasteiger partial charge in [-0.1, -0.05) is 28.4 Å². The van der Waals surface area contributed by atoms with Gasteiger partial charge in [0, 0.05) is 42.5 Å². The number of piperazine rings is 1. The van der Waals surface area contributed by atoms with Crippen molar-refractivity contribution in [3.63, 3.8) is 0 Å². The zero-order chi connectivity index (χ0) is 22.5. The van der Waals surface area contributed by atoms with E-state index in [9.17, 15) is 4.79 Å². The Morgan fingerprint density at radius 2 is 1.81 bits per heavy atom. The van der Waals surface area contributed by atoms with Gasteiger partial charge in [-0.25, -0.2) is 0 Å². The molecule has 0 bridgehead atoms. The molecular formula is C22H20Cl2N6O2. The number of nitriles is 1. The predicted molar refractivity (Wildman–Crippen MR) is 121 cm³/mol. The third-order valence-corrected chi connectivity index (χ3v) is 5.70. The summed E-state index contributed by atoms with van der Waals surface area (Å²) in [7, 11) is 0. The van der Waals surface area contributed by atoms with Gasteiger partial charge in [0.05, 0.1) is 23.7 Å². The smallest absolute Gasteiger partial charge is 0.241 e. The Kier molecular flexibility index (Phi) is 7.02. The van der Waals surface area contributed by atoms with Crippen LogP contribution in [0.4, 0.5) is 5.69 Å². The van der Waals surface area contributed by atoms with Crippen LogP contribution < -0.4 is 5.32 Å². The van der Waals surface area contributed by atoms with Gasteiger partial charge in [-0.2, -0.15) is 10.2 Å². The van der Waals surface area contributed by atoms with Gasteiger partial charge >= 0.3 is 0 Å². The van der Waals surface area contributed by atoms with Crippen LogP contribution in [0.25, 0.3) is 11.4 Å². The highest BCUT2D eigenvalue weighted by Gasteiger charge is 2.21. The number of carbonyl (C=O) groups is 1.